The van der Waals surface area contributed by atoms with Crippen LogP contribution >= 0.6 is 11.8 Å². The third-order valence-corrected chi connectivity index (χ3v) is 5.17. The van der Waals surface area contributed by atoms with Crippen molar-refractivity contribution in [3.63, 3.8) is 0 Å². The fraction of sp³-hybridized carbons (Fsp3) is 0.278. The number of hydrogen-bond acceptors (Lipinski definition) is 4. The van der Waals surface area contributed by atoms with Crippen LogP contribution in [0.1, 0.15) is 35.8 Å². The molecule has 0 bridgehead atoms. The van der Waals surface area contributed by atoms with E-state index in [-0.39, 0.29) is 0 Å². The van der Waals surface area contributed by atoms with Gasteiger partial charge in [0, 0.05) is 24.2 Å². The van der Waals surface area contributed by atoms with E-state index in [4.69, 9.17) is 0 Å². The molecule has 0 atom stereocenters. The van der Waals surface area contributed by atoms with E-state index >= 15 is 0 Å². The Labute approximate surface area is 144 Å². The second kappa shape index (κ2) is 6.17. The molecule has 24 heavy (non-hydrogen) atoms. The minimum atomic E-state index is 0.603. The van der Waals surface area contributed by atoms with Gasteiger partial charge in [-0.2, -0.15) is 10.4 Å². The SMILES string of the molecule is Cc1nn(-c2ccccc2)c(CSc2nccn2C2CC2)c1C#N. The quantitative estimate of drug-likeness (QED) is 0.664. The summed E-state index contributed by atoms with van der Waals surface area (Å²) >= 11 is 1.67. The van der Waals surface area contributed by atoms with Gasteiger partial charge in [-0.3, -0.25) is 0 Å². The van der Waals surface area contributed by atoms with Gasteiger partial charge in [0.25, 0.3) is 0 Å². The van der Waals surface area contributed by atoms with Crippen molar-refractivity contribution in [1.29, 1.82) is 5.26 Å². The fourth-order valence-corrected chi connectivity index (χ4v) is 3.84. The molecule has 0 radical (unpaired) electrons. The number of thioether (sulfide) groups is 1. The van der Waals surface area contributed by atoms with Crippen LogP contribution in [0.5, 0.6) is 0 Å². The van der Waals surface area contributed by atoms with Gasteiger partial charge in [-0.05, 0) is 31.9 Å². The molecule has 1 saturated carbocycles. The normalized spacial score (nSPS) is 13.8. The molecule has 0 spiro atoms. The number of aryl methyl sites for hydroxylation is 1. The zero-order valence-corrected chi connectivity index (χ0v) is 14.2. The van der Waals surface area contributed by atoms with Gasteiger partial charge in [-0.15, -0.1) is 0 Å². The van der Waals surface area contributed by atoms with Crippen LogP contribution in [-0.4, -0.2) is 19.3 Å². The van der Waals surface area contributed by atoms with E-state index in [9.17, 15) is 5.26 Å². The van der Waals surface area contributed by atoms with Crippen LogP contribution < -0.4 is 0 Å². The number of nitriles is 1. The van der Waals surface area contributed by atoms with Crippen LogP contribution in [0.25, 0.3) is 5.69 Å². The van der Waals surface area contributed by atoms with Crippen molar-refractivity contribution in [3.8, 4) is 11.8 Å². The van der Waals surface area contributed by atoms with Crippen molar-refractivity contribution < 1.29 is 0 Å². The van der Waals surface area contributed by atoms with Gasteiger partial charge >= 0.3 is 0 Å². The molecular formula is C18H17N5S. The fourth-order valence-electron chi connectivity index (χ4n) is 2.81. The summed E-state index contributed by atoms with van der Waals surface area (Å²) in [5.74, 6) is 0.669. The van der Waals surface area contributed by atoms with Crippen LogP contribution in [0, 0.1) is 18.3 Å². The van der Waals surface area contributed by atoms with Crippen molar-refractivity contribution in [1.82, 2.24) is 19.3 Å². The summed E-state index contributed by atoms with van der Waals surface area (Å²) in [7, 11) is 0. The molecule has 1 aliphatic rings. The van der Waals surface area contributed by atoms with Gasteiger partial charge in [0.2, 0.25) is 0 Å². The minimum absolute atomic E-state index is 0.603. The highest BCUT2D eigenvalue weighted by Gasteiger charge is 2.26. The van der Waals surface area contributed by atoms with Crippen molar-refractivity contribution in [3.05, 3.63) is 59.7 Å². The monoisotopic (exact) mass is 335 g/mol. The van der Waals surface area contributed by atoms with Gasteiger partial charge in [0.15, 0.2) is 5.16 Å². The molecule has 6 heteroatoms. The number of para-hydroxylation sites is 1. The molecule has 3 aromatic rings. The van der Waals surface area contributed by atoms with Crippen LogP contribution in [0.4, 0.5) is 0 Å². The average molecular weight is 335 g/mol. The number of benzene rings is 1. The Hall–Kier alpha value is -2.52. The lowest BCUT2D eigenvalue weighted by Crippen LogP contribution is -2.03. The Kier molecular flexibility index (Phi) is 3.87. The number of imidazole rings is 1. The average Bonchev–Trinajstić information content (AvgIpc) is 3.26. The maximum Gasteiger partial charge on any atom is 0.168 e. The van der Waals surface area contributed by atoms with Crippen LogP contribution in [0.2, 0.25) is 0 Å². The van der Waals surface area contributed by atoms with E-state index in [1.165, 1.54) is 12.8 Å². The Balaban J connectivity index is 1.66. The summed E-state index contributed by atoms with van der Waals surface area (Å²) in [6.07, 6.45) is 6.36. The smallest absolute Gasteiger partial charge is 0.168 e. The van der Waals surface area contributed by atoms with Gasteiger partial charge in [-0.1, -0.05) is 30.0 Å². The first-order chi connectivity index (χ1) is 11.8. The molecule has 0 aliphatic heterocycles. The molecule has 2 heterocycles. The first-order valence-electron chi connectivity index (χ1n) is 7.97. The third kappa shape index (κ3) is 2.72. The molecule has 0 saturated heterocycles. The molecule has 4 rings (SSSR count). The summed E-state index contributed by atoms with van der Waals surface area (Å²) in [5.41, 5.74) is 3.33. The lowest BCUT2D eigenvalue weighted by Gasteiger charge is -2.09. The van der Waals surface area contributed by atoms with Crippen molar-refractivity contribution in [2.24, 2.45) is 0 Å². The Morgan fingerprint density at radius 2 is 2.08 bits per heavy atom. The Morgan fingerprint density at radius 3 is 2.79 bits per heavy atom. The second-order valence-electron chi connectivity index (χ2n) is 5.90. The summed E-state index contributed by atoms with van der Waals surface area (Å²) in [5, 5.41) is 15.1. The van der Waals surface area contributed by atoms with Crippen molar-refractivity contribution >= 4 is 11.8 Å². The molecule has 0 N–H and O–H groups in total. The number of rotatable bonds is 5. The zero-order chi connectivity index (χ0) is 16.5. The first-order valence-corrected chi connectivity index (χ1v) is 8.96. The summed E-state index contributed by atoms with van der Waals surface area (Å²) in [6, 6.07) is 12.9. The lowest BCUT2D eigenvalue weighted by atomic mass is 10.2. The molecule has 2 aromatic heterocycles. The van der Waals surface area contributed by atoms with Gasteiger partial charge < -0.3 is 4.57 Å². The number of nitrogens with zero attached hydrogens (tertiary/aromatic N) is 5. The van der Waals surface area contributed by atoms with Gasteiger partial charge in [0.1, 0.15) is 6.07 Å². The predicted octanol–water partition coefficient (Wildman–Crippen LogP) is 3.88. The molecular weight excluding hydrogens is 318 g/mol. The van der Waals surface area contributed by atoms with Gasteiger partial charge in [-0.25, -0.2) is 9.67 Å². The molecule has 120 valence electrons. The van der Waals surface area contributed by atoms with E-state index in [0.29, 0.717) is 17.4 Å². The topological polar surface area (TPSA) is 59.4 Å². The van der Waals surface area contributed by atoms with Crippen LogP contribution in [0.3, 0.4) is 0 Å². The molecule has 5 nitrogen and oxygen atoms in total. The van der Waals surface area contributed by atoms with Crippen molar-refractivity contribution in [2.75, 3.05) is 0 Å². The van der Waals surface area contributed by atoms with Crippen LogP contribution in [0.15, 0.2) is 47.9 Å². The highest BCUT2D eigenvalue weighted by atomic mass is 32.2. The largest absolute Gasteiger partial charge is 0.323 e. The molecule has 1 fully saturated rings. The zero-order valence-electron chi connectivity index (χ0n) is 13.4. The lowest BCUT2D eigenvalue weighted by molar-refractivity contribution is 0.662. The maximum absolute atomic E-state index is 9.54. The Bertz CT molecular complexity index is 899. The van der Waals surface area contributed by atoms with Crippen LogP contribution in [-0.2, 0) is 5.75 Å². The van der Waals surface area contributed by atoms with Crippen molar-refractivity contribution in [2.45, 2.75) is 36.7 Å². The number of aromatic nitrogens is 4. The highest BCUT2D eigenvalue weighted by molar-refractivity contribution is 7.98. The minimum Gasteiger partial charge on any atom is -0.323 e. The second-order valence-corrected chi connectivity index (χ2v) is 6.85. The molecule has 0 amide bonds. The Morgan fingerprint density at radius 1 is 1.29 bits per heavy atom. The van der Waals surface area contributed by atoms with Gasteiger partial charge in [0.05, 0.1) is 22.6 Å². The number of hydrogen-bond donors (Lipinski definition) is 0. The van der Waals surface area contributed by atoms with E-state index in [2.05, 4.69) is 20.7 Å². The molecule has 1 aliphatic carbocycles. The van der Waals surface area contributed by atoms with E-state index in [1.807, 2.05) is 54.3 Å². The first kappa shape index (κ1) is 15.0. The molecule has 0 unspecified atom stereocenters. The summed E-state index contributed by atoms with van der Waals surface area (Å²) in [4.78, 5) is 4.47. The van der Waals surface area contributed by atoms with E-state index in [0.717, 1.165) is 22.2 Å². The predicted molar refractivity (Wildman–Crippen MR) is 93.1 cm³/mol. The molecule has 1 aromatic carbocycles. The maximum atomic E-state index is 9.54. The summed E-state index contributed by atoms with van der Waals surface area (Å²) in [6.45, 7) is 1.89. The highest BCUT2D eigenvalue weighted by Crippen LogP contribution is 2.38. The third-order valence-electron chi connectivity index (χ3n) is 4.18. The standard InChI is InChI=1S/C18H17N5S/c1-13-16(11-19)17(23(21-13)15-5-3-2-4-6-15)12-24-18-20-9-10-22(18)14-7-8-14/h2-6,9-10,14H,7-8,12H2,1H3. The van der Waals surface area contributed by atoms with E-state index < -0.39 is 0 Å². The summed E-state index contributed by atoms with van der Waals surface area (Å²) < 4.78 is 4.12. The van der Waals surface area contributed by atoms with E-state index in [1.54, 1.807) is 11.8 Å².